The van der Waals surface area contributed by atoms with E-state index >= 15 is 0 Å². The summed E-state index contributed by atoms with van der Waals surface area (Å²) in [6, 6.07) is 3.15. The molecule has 0 aromatic carbocycles. The Morgan fingerprint density at radius 1 is 1.50 bits per heavy atom. The molecule has 5 nitrogen and oxygen atoms in total. The van der Waals surface area contributed by atoms with Crippen LogP contribution in [0, 0.1) is 6.92 Å². The molecule has 5 heteroatoms. The number of fused-ring (bicyclic) bond motifs is 1. The number of carboxylic acids is 1. The molecule has 0 radical (unpaired) electrons. The van der Waals surface area contributed by atoms with Gasteiger partial charge in [-0.2, -0.15) is 0 Å². The Hall–Kier alpha value is -2.17. The zero-order chi connectivity index (χ0) is 13.3. The van der Waals surface area contributed by atoms with E-state index in [1.165, 1.54) is 6.07 Å². The molecule has 0 saturated heterocycles. The standard InChI is InChI=1S/C13H14N2O3/c1-3-5-15-6-4-11-10(12(15)16)7-9(13(17)18)8(2)14-11/h4,6-7H,3,5H2,1-2H3,(H,17,18). The summed E-state index contributed by atoms with van der Waals surface area (Å²) in [5.74, 6) is -1.06. The molecule has 2 aromatic rings. The van der Waals surface area contributed by atoms with Crippen LogP contribution in [0.5, 0.6) is 0 Å². The van der Waals surface area contributed by atoms with E-state index in [1.54, 1.807) is 23.8 Å². The van der Waals surface area contributed by atoms with Crippen LogP contribution in [0.3, 0.4) is 0 Å². The largest absolute Gasteiger partial charge is 0.478 e. The van der Waals surface area contributed by atoms with E-state index in [0.29, 0.717) is 23.1 Å². The second kappa shape index (κ2) is 4.60. The highest BCUT2D eigenvalue weighted by atomic mass is 16.4. The Labute approximate surface area is 104 Å². The summed E-state index contributed by atoms with van der Waals surface area (Å²) in [5, 5.41) is 9.40. The van der Waals surface area contributed by atoms with Crippen LogP contribution >= 0.6 is 0 Å². The summed E-state index contributed by atoms with van der Waals surface area (Å²) in [6.45, 7) is 4.22. The summed E-state index contributed by atoms with van der Waals surface area (Å²) in [5.41, 5.74) is 0.843. The molecule has 2 heterocycles. The molecule has 2 rings (SSSR count). The number of hydrogen-bond acceptors (Lipinski definition) is 3. The number of aryl methyl sites for hydroxylation is 2. The summed E-state index contributed by atoms with van der Waals surface area (Å²) < 4.78 is 1.57. The SMILES string of the molecule is CCCn1ccc2nc(C)c(C(=O)O)cc2c1=O. The van der Waals surface area contributed by atoms with E-state index in [9.17, 15) is 9.59 Å². The van der Waals surface area contributed by atoms with Gasteiger partial charge in [0, 0.05) is 12.7 Å². The lowest BCUT2D eigenvalue weighted by Crippen LogP contribution is -2.20. The minimum Gasteiger partial charge on any atom is -0.478 e. The number of carbonyl (C=O) groups is 1. The monoisotopic (exact) mass is 246 g/mol. The highest BCUT2D eigenvalue weighted by molar-refractivity contribution is 5.93. The number of pyridine rings is 2. The van der Waals surface area contributed by atoms with Gasteiger partial charge in [-0.05, 0) is 25.5 Å². The van der Waals surface area contributed by atoms with Crippen LogP contribution in [0.15, 0.2) is 23.1 Å². The maximum Gasteiger partial charge on any atom is 0.337 e. The smallest absolute Gasteiger partial charge is 0.337 e. The van der Waals surface area contributed by atoms with Crippen LogP contribution in [0.2, 0.25) is 0 Å². The van der Waals surface area contributed by atoms with Gasteiger partial charge < -0.3 is 9.67 Å². The van der Waals surface area contributed by atoms with E-state index in [-0.39, 0.29) is 11.1 Å². The van der Waals surface area contributed by atoms with Gasteiger partial charge in [0.05, 0.1) is 22.2 Å². The van der Waals surface area contributed by atoms with Crippen LogP contribution in [-0.2, 0) is 6.54 Å². The van der Waals surface area contributed by atoms with Crippen LogP contribution in [0.4, 0.5) is 0 Å². The van der Waals surface area contributed by atoms with Crippen LogP contribution < -0.4 is 5.56 Å². The lowest BCUT2D eigenvalue weighted by molar-refractivity contribution is 0.0696. The van der Waals surface area contributed by atoms with Crippen molar-refractivity contribution in [2.75, 3.05) is 0 Å². The van der Waals surface area contributed by atoms with Crippen LogP contribution in [0.1, 0.15) is 29.4 Å². The predicted molar refractivity (Wildman–Crippen MR) is 68.0 cm³/mol. The number of carboxylic acid groups (broad SMARTS) is 1. The molecule has 0 aliphatic heterocycles. The molecule has 0 aliphatic rings. The first-order valence-electron chi connectivity index (χ1n) is 5.78. The Morgan fingerprint density at radius 3 is 2.83 bits per heavy atom. The number of aromatic nitrogens is 2. The molecule has 0 fully saturated rings. The molecule has 0 amide bonds. The molecule has 18 heavy (non-hydrogen) atoms. The van der Waals surface area contributed by atoms with Gasteiger partial charge in [0.15, 0.2) is 0 Å². The van der Waals surface area contributed by atoms with Crippen molar-refractivity contribution >= 4 is 16.9 Å². The predicted octanol–water partition coefficient (Wildman–Crippen LogP) is 1.81. The minimum absolute atomic E-state index is 0.0776. The van der Waals surface area contributed by atoms with E-state index in [0.717, 1.165) is 6.42 Å². The molecule has 0 atom stereocenters. The zero-order valence-electron chi connectivity index (χ0n) is 10.3. The third-order valence-corrected chi connectivity index (χ3v) is 2.84. The first-order valence-corrected chi connectivity index (χ1v) is 5.78. The van der Waals surface area contributed by atoms with Crippen molar-refractivity contribution in [1.29, 1.82) is 0 Å². The molecule has 0 bridgehead atoms. The van der Waals surface area contributed by atoms with Crippen LogP contribution in [0.25, 0.3) is 10.9 Å². The van der Waals surface area contributed by atoms with Crippen LogP contribution in [-0.4, -0.2) is 20.6 Å². The van der Waals surface area contributed by atoms with Gasteiger partial charge in [-0.1, -0.05) is 6.92 Å². The average Bonchev–Trinajstić information content (AvgIpc) is 2.32. The fraction of sp³-hybridized carbons (Fsp3) is 0.308. The van der Waals surface area contributed by atoms with Crippen molar-refractivity contribution < 1.29 is 9.90 Å². The summed E-state index contributed by atoms with van der Waals surface area (Å²) in [7, 11) is 0. The van der Waals surface area contributed by atoms with Gasteiger partial charge in [0.25, 0.3) is 5.56 Å². The summed E-state index contributed by atoms with van der Waals surface area (Å²) >= 11 is 0. The molecular weight excluding hydrogens is 232 g/mol. The molecule has 94 valence electrons. The number of hydrogen-bond donors (Lipinski definition) is 1. The Bertz CT molecular complexity index is 674. The average molecular weight is 246 g/mol. The fourth-order valence-electron chi connectivity index (χ4n) is 1.94. The fourth-order valence-corrected chi connectivity index (χ4v) is 1.94. The van der Waals surface area contributed by atoms with E-state index in [4.69, 9.17) is 5.11 Å². The van der Waals surface area contributed by atoms with Gasteiger partial charge in [0.2, 0.25) is 0 Å². The van der Waals surface area contributed by atoms with Crippen molar-refractivity contribution in [1.82, 2.24) is 9.55 Å². The van der Waals surface area contributed by atoms with Crippen molar-refractivity contribution in [2.45, 2.75) is 26.8 Å². The normalized spacial score (nSPS) is 10.8. The van der Waals surface area contributed by atoms with E-state index in [1.807, 2.05) is 6.92 Å². The molecular formula is C13H14N2O3. The molecule has 2 aromatic heterocycles. The van der Waals surface area contributed by atoms with Crippen molar-refractivity contribution in [3.63, 3.8) is 0 Å². The zero-order valence-corrected chi connectivity index (χ0v) is 10.3. The topological polar surface area (TPSA) is 72.2 Å². The van der Waals surface area contributed by atoms with Crippen molar-refractivity contribution in [3.8, 4) is 0 Å². The Balaban J connectivity index is 2.76. The third kappa shape index (κ3) is 1.99. The summed E-state index contributed by atoms with van der Waals surface area (Å²) in [6.07, 6.45) is 2.54. The Kier molecular flexibility index (Phi) is 3.14. The molecule has 0 saturated carbocycles. The molecule has 0 aliphatic carbocycles. The van der Waals surface area contributed by atoms with Crippen molar-refractivity contribution in [2.24, 2.45) is 0 Å². The van der Waals surface area contributed by atoms with Gasteiger partial charge in [-0.15, -0.1) is 0 Å². The summed E-state index contributed by atoms with van der Waals surface area (Å²) in [4.78, 5) is 27.3. The minimum atomic E-state index is -1.06. The second-order valence-corrected chi connectivity index (χ2v) is 4.17. The van der Waals surface area contributed by atoms with Crippen molar-refractivity contribution in [3.05, 3.63) is 39.9 Å². The van der Waals surface area contributed by atoms with Gasteiger partial charge >= 0.3 is 5.97 Å². The highest BCUT2D eigenvalue weighted by Crippen LogP contribution is 2.13. The molecule has 0 unspecified atom stereocenters. The number of rotatable bonds is 3. The quantitative estimate of drug-likeness (QED) is 0.896. The number of aromatic carboxylic acids is 1. The Morgan fingerprint density at radius 2 is 2.22 bits per heavy atom. The van der Waals surface area contributed by atoms with Gasteiger partial charge in [-0.3, -0.25) is 9.78 Å². The van der Waals surface area contributed by atoms with E-state index < -0.39 is 5.97 Å². The third-order valence-electron chi connectivity index (χ3n) is 2.84. The second-order valence-electron chi connectivity index (χ2n) is 4.17. The first-order chi connectivity index (χ1) is 8.54. The highest BCUT2D eigenvalue weighted by Gasteiger charge is 2.12. The molecule has 1 N–H and O–H groups in total. The maximum absolute atomic E-state index is 12.1. The van der Waals surface area contributed by atoms with E-state index in [2.05, 4.69) is 4.98 Å². The lowest BCUT2D eigenvalue weighted by atomic mass is 10.1. The van der Waals surface area contributed by atoms with Gasteiger partial charge in [-0.25, -0.2) is 4.79 Å². The maximum atomic E-state index is 12.1. The molecule has 0 spiro atoms. The number of nitrogens with zero attached hydrogens (tertiary/aromatic N) is 2. The lowest BCUT2D eigenvalue weighted by Gasteiger charge is -2.07. The van der Waals surface area contributed by atoms with Gasteiger partial charge in [0.1, 0.15) is 0 Å². The first kappa shape index (κ1) is 12.3.